The van der Waals surface area contributed by atoms with Gasteiger partial charge in [0.05, 0.1) is 17.8 Å². The molecule has 13 heavy (non-hydrogen) atoms. The van der Waals surface area contributed by atoms with Gasteiger partial charge in [-0.1, -0.05) is 0 Å². The van der Waals surface area contributed by atoms with E-state index in [1.54, 1.807) is 6.20 Å². The third-order valence-corrected chi connectivity index (χ3v) is 2.34. The van der Waals surface area contributed by atoms with E-state index in [4.69, 9.17) is 4.74 Å². The van der Waals surface area contributed by atoms with Gasteiger partial charge in [0.15, 0.2) is 11.6 Å². The summed E-state index contributed by atoms with van der Waals surface area (Å²) in [5, 5.41) is 3.93. The molecule has 68 valence electrons. The van der Waals surface area contributed by atoms with Crippen LogP contribution >= 0.6 is 15.9 Å². The van der Waals surface area contributed by atoms with Crippen LogP contribution in [0.3, 0.4) is 0 Å². The molecule has 2 heterocycles. The van der Waals surface area contributed by atoms with Gasteiger partial charge >= 0.3 is 0 Å². The molecule has 0 saturated carbocycles. The van der Waals surface area contributed by atoms with Gasteiger partial charge in [0.25, 0.3) is 0 Å². The highest BCUT2D eigenvalue weighted by atomic mass is 79.9. The predicted molar refractivity (Wildman–Crippen MR) is 49.4 cm³/mol. The zero-order chi connectivity index (χ0) is 9.42. The average Bonchev–Trinajstić information content (AvgIpc) is 2.49. The third kappa shape index (κ3) is 1.19. The fourth-order valence-electron chi connectivity index (χ4n) is 1.15. The number of hydrogen-bond acceptors (Lipinski definition) is 2. The number of aromatic nitrogens is 2. The van der Waals surface area contributed by atoms with Crippen molar-refractivity contribution < 1.29 is 9.13 Å². The monoisotopic (exact) mass is 244 g/mol. The number of methoxy groups -OCH3 is 1. The van der Waals surface area contributed by atoms with Gasteiger partial charge in [-0.2, -0.15) is 5.10 Å². The lowest BCUT2D eigenvalue weighted by molar-refractivity contribution is 0.387. The van der Waals surface area contributed by atoms with E-state index in [1.807, 2.05) is 0 Å². The number of ether oxygens (including phenoxy) is 1. The van der Waals surface area contributed by atoms with Crippen LogP contribution in [0.15, 0.2) is 22.9 Å². The number of hydrogen-bond donors (Lipinski definition) is 0. The zero-order valence-electron chi connectivity index (χ0n) is 6.79. The molecule has 0 unspecified atom stereocenters. The van der Waals surface area contributed by atoms with E-state index in [2.05, 4.69) is 21.0 Å². The van der Waals surface area contributed by atoms with Crippen LogP contribution in [-0.4, -0.2) is 16.7 Å². The minimum absolute atomic E-state index is 0.216. The summed E-state index contributed by atoms with van der Waals surface area (Å²) < 4.78 is 20.4. The average molecular weight is 245 g/mol. The van der Waals surface area contributed by atoms with Gasteiger partial charge in [0.1, 0.15) is 5.52 Å². The molecule has 0 radical (unpaired) electrons. The van der Waals surface area contributed by atoms with Crippen molar-refractivity contribution in [2.24, 2.45) is 0 Å². The van der Waals surface area contributed by atoms with E-state index >= 15 is 0 Å². The normalized spacial score (nSPS) is 10.7. The van der Waals surface area contributed by atoms with E-state index in [9.17, 15) is 4.39 Å². The summed E-state index contributed by atoms with van der Waals surface area (Å²) in [5.74, 6) is -0.192. The highest BCUT2D eigenvalue weighted by Crippen LogP contribution is 2.26. The highest BCUT2D eigenvalue weighted by molar-refractivity contribution is 9.10. The molecule has 0 N–H and O–H groups in total. The smallest absolute Gasteiger partial charge is 0.191 e. The van der Waals surface area contributed by atoms with Crippen molar-refractivity contribution in [3.8, 4) is 5.75 Å². The van der Waals surface area contributed by atoms with Crippen LogP contribution in [-0.2, 0) is 0 Å². The molecule has 0 spiro atoms. The zero-order valence-corrected chi connectivity index (χ0v) is 8.38. The molecule has 0 aliphatic rings. The molecule has 0 bridgehead atoms. The fourth-order valence-corrected chi connectivity index (χ4v) is 1.59. The van der Waals surface area contributed by atoms with E-state index in [0.717, 1.165) is 0 Å². The summed E-state index contributed by atoms with van der Waals surface area (Å²) in [4.78, 5) is 0. The van der Waals surface area contributed by atoms with Crippen molar-refractivity contribution >= 4 is 21.4 Å². The Morgan fingerprint density at radius 3 is 3.08 bits per heavy atom. The second kappa shape index (κ2) is 2.99. The first kappa shape index (κ1) is 8.50. The molecule has 0 aromatic carbocycles. The number of rotatable bonds is 1. The van der Waals surface area contributed by atoms with Crippen molar-refractivity contribution in [3.05, 3.63) is 28.7 Å². The van der Waals surface area contributed by atoms with Crippen molar-refractivity contribution in [1.82, 2.24) is 9.61 Å². The lowest BCUT2D eigenvalue weighted by Crippen LogP contribution is -1.94. The Kier molecular flexibility index (Phi) is 1.95. The summed E-state index contributed by atoms with van der Waals surface area (Å²) in [6.45, 7) is 0. The molecule has 0 atom stereocenters. The third-order valence-electron chi connectivity index (χ3n) is 1.76. The molecule has 0 amide bonds. The van der Waals surface area contributed by atoms with E-state index in [-0.39, 0.29) is 5.75 Å². The Balaban J connectivity index is 2.83. The Hall–Kier alpha value is -1.10. The highest BCUT2D eigenvalue weighted by Gasteiger charge is 2.11. The molecule has 0 aliphatic carbocycles. The molecule has 0 aliphatic heterocycles. The van der Waals surface area contributed by atoms with Crippen LogP contribution in [0.1, 0.15) is 0 Å². The van der Waals surface area contributed by atoms with Gasteiger partial charge < -0.3 is 4.74 Å². The van der Waals surface area contributed by atoms with Crippen LogP contribution < -0.4 is 4.74 Å². The Morgan fingerprint density at radius 2 is 2.38 bits per heavy atom. The first-order chi connectivity index (χ1) is 6.24. The number of nitrogens with zero attached hydrogens (tertiary/aromatic N) is 2. The molecular formula is C8H6BrFN2O. The SMILES string of the molecule is COc1ccn2ncc(Br)c2c1F. The number of fused-ring (bicyclic) bond motifs is 1. The Bertz CT molecular complexity index is 455. The van der Waals surface area contributed by atoms with Crippen LogP contribution in [0.5, 0.6) is 5.75 Å². The van der Waals surface area contributed by atoms with Crippen LogP contribution in [0.25, 0.3) is 5.52 Å². The molecule has 2 rings (SSSR count). The van der Waals surface area contributed by atoms with Crippen molar-refractivity contribution in [2.75, 3.05) is 7.11 Å². The molecule has 2 aromatic heterocycles. The first-order valence-corrected chi connectivity index (χ1v) is 4.38. The second-order valence-electron chi connectivity index (χ2n) is 2.48. The van der Waals surface area contributed by atoms with Crippen LogP contribution in [0.4, 0.5) is 4.39 Å². The maximum atomic E-state index is 13.5. The van der Waals surface area contributed by atoms with Gasteiger partial charge in [-0.3, -0.25) is 0 Å². The largest absolute Gasteiger partial charge is 0.494 e. The maximum Gasteiger partial charge on any atom is 0.191 e. The first-order valence-electron chi connectivity index (χ1n) is 3.59. The van der Waals surface area contributed by atoms with Crippen molar-refractivity contribution in [1.29, 1.82) is 0 Å². The van der Waals surface area contributed by atoms with Gasteiger partial charge in [-0.05, 0) is 15.9 Å². The minimum Gasteiger partial charge on any atom is -0.494 e. The van der Waals surface area contributed by atoms with Crippen LogP contribution in [0.2, 0.25) is 0 Å². The van der Waals surface area contributed by atoms with Gasteiger partial charge in [-0.15, -0.1) is 0 Å². The molecular weight excluding hydrogens is 239 g/mol. The Labute approximate surface area is 82.2 Å². The van der Waals surface area contributed by atoms with Crippen molar-refractivity contribution in [2.45, 2.75) is 0 Å². The maximum absolute atomic E-state index is 13.5. The number of pyridine rings is 1. The summed E-state index contributed by atoms with van der Waals surface area (Å²) in [6, 6.07) is 1.53. The van der Waals surface area contributed by atoms with Gasteiger partial charge in [-0.25, -0.2) is 8.91 Å². The molecule has 2 aromatic rings. The lowest BCUT2D eigenvalue weighted by atomic mass is 10.3. The predicted octanol–water partition coefficient (Wildman–Crippen LogP) is 2.24. The summed E-state index contributed by atoms with van der Waals surface area (Å²) >= 11 is 3.20. The molecule has 0 fully saturated rings. The van der Waals surface area contributed by atoms with E-state index in [1.165, 1.54) is 23.9 Å². The quantitative estimate of drug-likeness (QED) is 0.770. The fraction of sp³-hybridized carbons (Fsp3) is 0.125. The number of halogens is 2. The summed E-state index contributed by atoms with van der Waals surface area (Å²) in [7, 11) is 1.43. The summed E-state index contributed by atoms with van der Waals surface area (Å²) in [6.07, 6.45) is 3.18. The molecule has 5 heteroatoms. The van der Waals surface area contributed by atoms with Gasteiger partial charge in [0, 0.05) is 12.3 Å². The van der Waals surface area contributed by atoms with Crippen molar-refractivity contribution in [3.63, 3.8) is 0 Å². The van der Waals surface area contributed by atoms with Crippen LogP contribution in [0, 0.1) is 5.82 Å². The standard InChI is InChI=1S/C8H6BrFN2O/c1-13-6-2-3-12-8(7(6)10)5(9)4-11-12/h2-4H,1H3. The van der Waals surface area contributed by atoms with Gasteiger partial charge in [0.2, 0.25) is 0 Å². The molecule has 0 saturated heterocycles. The lowest BCUT2D eigenvalue weighted by Gasteiger charge is -2.02. The second-order valence-corrected chi connectivity index (χ2v) is 3.34. The molecule has 3 nitrogen and oxygen atoms in total. The Morgan fingerprint density at radius 1 is 1.62 bits per heavy atom. The van der Waals surface area contributed by atoms with E-state index < -0.39 is 5.82 Å². The topological polar surface area (TPSA) is 26.5 Å². The summed E-state index contributed by atoms with van der Waals surface area (Å²) in [5.41, 5.74) is 0.388. The minimum atomic E-state index is -0.408. The van der Waals surface area contributed by atoms with E-state index in [0.29, 0.717) is 9.99 Å².